The van der Waals surface area contributed by atoms with Gasteiger partial charge in [0.05, 0.1) is 18.3 Å². The summed E-state index contributed by atoms with van der Waals surface area (Å²) in [7, 11) is 1.70. The highest BCUT2D eigenvalue weighted by molar-refractivity contribution is 6.04. The van der Waals surface area contributed by atoms with Crippen molar-refractivity contribution < 1.29 is 9.53 Å². The van der Waals surface area contributed by atoms with Crippen LogP contribution in [-0.4, -0.2) is 37.3 Å². The van der Waals surface area contributed by atoms with Crippen LogP contribution in [0.25, 0.3) is 32.9 Å². The molecule has 0 bridgehead atoms. The molecule has 9 nitrogen and oxygen atoms in total. The Balaban J connectivity index is 1.80. The van der Waals surface area contributed by atoms with E-state index in [0.717, 1.165) is 38.9 Å². The molecule has 3 heterocycles. The van der Waals surface area contributed by atoms with E-state index in [1.165, 1.54) is 4.57 Å². The number of hydrogen-bond acceptors (Lipinski definition) is 5. The van der Waals surface area contributed by atoms with E-state index >= 15 is 0 Å². The van der Waals surface area contributed by atoms with Crippen molar-refractivity contribution in [1.29, 1.82) is 0 Å². The first-order valence-electron chi connectivity index (χ1n) is 13.0. The Morgan fingerprint density at radius 1 is 1.15 bits per heavy atom. The Labute approximate surface area is 226 Å². The fourth-order valence-corrected chi connectivity index (χ4v) is 4.91. The van der Waals surface area contributed by atoms with E-state index in [1.807, 2.05) is 75.8 Å². The molecule has 4 N–H and O–H groups in total. The Morgan fingerprint density at radius 3 is 2.54 bits per heavy atom. The number of aromatic amines is 1. The third-order valence-electron chi connectivity index (χ3n) is 6.76. The lowest BCUT2D eigenvalue weighted by Gasteiger charge is -2.20. The number of aryl methyl sites for hydroxylation is 3. The van der Waals surface area contributed by atoms with E-state index in [4.69, 9.17) is 10.5 Å². The van der Waals surface area contributed by atoms with Gasteiger partial charge in [-0.25, -0.2) is 0 Å². The molecule has 202 valence electrons. The Kier molecular flexibility index (Phi) is 6.56. The molecule has 0 saturated heterocycles. The SMILES string of the molecule is CCNC(=O)c1cc2c(-c3cc4c(cnn4CC(C)(C)N)cc3Oc3c(C)cccc3C)cn(C)c(=O)c2[nH]1. The van der Waals surface area contributed by atoms with Crippen molar-refractivity contribution >= 4 is 27.7 Å². The van der Waals surface area contributed by atoms with Crippen LogP contribution in [0.1, 0.15) is 42.4 Å². The molecule has 2 aromatic carbocycles. The van der Waals surface area contributed by atoms with Gasteiger partial charge in [0, 0.05) is 47.2 Å². The number of ether oxygens (including phenoxy) is 1. The summed E-state index contributed by atoms with van der Waals surface area (Å²) >= 11 is 0. The van der Waals surface area contributed by atoms with Gasteiger partial charge in [0.2, 0.25) is 0 Å². The second-order valence-corrected chi connectivity index (χ2v) is 10.8. The lowest BCUT2D eigenvalue weighted by atomic mass is 10.0. The van der Waals surface area contributed by atoms with Crippen molar-refractivity contribution in [3.8, 4) is 22.6 Å². The maximum Gasteiger partial charge on any atom is 0.274 e. The molecule has 5 aromatic rings. The van der Waals surface area contributed by atoms with Crippen LogP contribution >= 0.6 is 0 Å². The van der Waals surface area contributed by atoms with E-state index in [2.05, 4.69) is 15.4 Å². The molecule has 1 amide bonds. The van der Waals surface area contributed by atoms with Crippen molar-refractivity contribution in [2.45, 2.75) is 46.7 Å². The molecule has 0 unspecified atom stereocenters. The number of amides is 1. The highest BCUT2D eigenvalue weighted by Crippen LogP contribution is 2.41. The van der Waals surface area contributed by atoms with Gasteiger partial charge in [0.15, 0.2) is 0 Å². The normalized spacial score (nSPS) is 11.9. The van der Waals surface area contributed by atoms with Crippen LogP contribution in [0.4, 0.5) is 0 Å². The molecular weight excluding hydrogens is 492 g/mol. The third kappa shape index (κ3) is 4.93. The minimum absolute atomic E-state index is 0.225. The van der Waals surface area contributed by atoms with Crippen LogP contribution in [0.2, 0.25) is 0 Å². The number of nitrogens with zero attached hydrogens (tertiary/aromatic N) is 3. The molecule has 39 heavy (non-hydrogen) atoms. The number of nitrogens with one attached hydrogen (secondary N) is 2. The zero-order chi connectivity index (χ0) is 28.1. The molecule has 3 aromatic heterocycles. The third-order valence-corrected chi connectivity index (χ3v) is 6.76. The van der Waals surface area contributed by atoms with Gasteiger partial charge in [-0.3, -0.25) is 14.3 Å². The van der Waals surface area contributed by atoms with Gasteiger partial charge in [-0.05, 0) is 63.9 Å². The molecule has 9 heteroatoms. The van der Waals surface area contributed by atoms with Crippen molar-refractivity contribution in [2.24, 2.45) is 12.8 Å². The quantitative estimate of drug-likeness (QED) is 0.282. The number of benzene rings is 2. The van der Waals surface area contributed by atoms with Crippen LogP contribution in [0.15, 0.2) is 53.6 Å². The number of pyridine rings is 1. The molecule has 0 aliphatic heterocycles. The van der Waals surface area contributed by atoms with E-state index in [-0.39, 0.29) is 11.5 Å². The molecular formula is C30H34N6O3. The molecule has 0 aliphatic rings. The van der Waals surface area contributed by atoms with Crippen LogP contribution in [-0.2, 0) is 13.6 Å². The molecule has 0 atom stereocenters. The summed E-state index contributed by atoms with van der Waals surface area (Å²) in [5, 5.41) is 8.94. The summed E-state index contributed by atoms with van der Waals surface area (Å²) in [4.78, 5) is 28.8. The summed E-state index contributed by atoms with van der Waals surface area (Å²) < 4.78 is 10.0. The minimum atomic E-state index is -0.474. The Morgan fingerprint density at radius 2 is 1.87 bits per heavy atom. The lowest BCUT2D eigenvalue weighted by Crippen LogP contribution is -2.37. The Hall–Kier alpha value is -4.37. The highest BCUT2D eigenvalue weighted by Gasteiger charge is 2.22. The van der Waals surface area contributed by atoms with Crippen molar-refractivity contribution in [2.75, 3.05) is 6.54 Å². The summed E-state index contributed by atoms with van der Waals surface area (Å²) in [6, 6.07) is 11.7. The fourth-order valence-electron chi connectivity index (χ4n) is 4.91. The van der Waals surface area contributed by atoms with E-state index < -0.39 is 5.54 Å². The molecule has 0 fully saturated rings. The predicted octanol–water partition coefficient (Wildman–Crippen LogP) is 4.78. The van der Waals surface area contributed by atoms with Crippen LogP contribution in [0.5, 0.6) is 11.5 Å². The van der Waals surface area contributed by atoms with Gasteiger partial charge < -0.3 is 25.3 Å². The average molecular weight is 527 g/mol. The first-order valence-corrected chi connectivity index (χ1v) is 13.0. The first kappa shape index (κ1) is 26.2. The minimum Gasteiger partial charge on any atom is -0.456 e. The van der Waals surface area contributed by atoms with Crippen molar-refractivity contribution in [1.82, 2.24) is 24.6 Å². The highest BCUT2D eigenvalue weighted by atomic mass is 16.5. The maximum atomic E-state index is 13.1. The van der Waals surface area contributed by atoms with E-state index in [0.29, 0.717) is 35.4 Å². The lowest BCUT2D eigenvalue weighted by molar-refractivity contribution is 0.0951. The van der Waals surface area contributed by atoms with Gasteiger partial charge >= 0.3 is 0 Å². The largest absolute Gasteiger partial charge is 0.456 e. The number of carbonyl (C=O) groups is 1. The number of nitrogens with two attached hydrogens (primary N) is 1. The van der Waals surface area contributed by atoms with Crippen LogP contribution in [0, 0.1) is 13.8 Å². The van der Waals surface area contributed by atoms with Gasteiger partial charge in [-0.15, -0.1) is 0 Å². The second-order valence-electron chi connectivity index (χ2n) is 10.8. The predicted molar refractivity (Wildman–Crippen MR) is 155 cm³/mol. The number of para-hydroxylation sites is 1. The summed E-state index contributed by atoms with van der Waals surface area (Å²) in [6.07, 6.45) is 3.59. The topological polar surface area (TPSA) is 120 Å². The van der Waals surface area contributed by atoms with Gasteiger partial charge in [0.25, 0.3) is 11.5 Å². The second kappa shape index (κ2) is 9.74. The molecule has 5 rings (SSSR count). The Bertz CT molecular complexity index is 1760. The van der Waals surface area contributed by atoms with Crippen LogP contribution in [0.3, 0.4) is 0 Å². The summed E-state index contributed by atoms with van der Waals surface area (Å²) in [5.41, 5.74) is 10.7. The van der Waals surface area contributed by atoms with Crippen LogP contribution < -0.4 is 21.3 Å². The number of hydrogen-bond donors (Lipinski definition) is 3. The van der Waals surface area contributed by atoms with E-state index in [9.17, 15) is 9.59 Å². The zero-order valence-corrected chi connectivity index (χ0v) is 23.2. The van der Waals surface area contributed by atoms with Crippen molar-refractivity contribution in [3.05, 3.63) is 76.0 Å². The standard InChI is InChI=1S/C30H34N6O3/c1-7-32-28(37)23-12-21-22(15-35(6)29(38)26(21)34-23)20-13-24-19(14-33-36(24)16-30(4,5)31)11-25(20)39-27-17(2)9-8-10-18(27)3/h8-15,34H,7,16,31H2,1-6H3,(H,32,37). The zero-order valence-electron chi connectivity index (χ0n) is 23.2. The number of carbonyl (C=O) groups excluding carboxylic acids is 1. The van der Waals surface area contributed by atoms with Crippen molar-refractivity contribution in [3.63, 3.8) is 0 Å². The molecule has 0 spiro atoms. The van der Waals surface area contributed by atoms with Gasteiger partial charge in [0.1, 0.15) is 22.7 Å². The number of fused-ring (bicyclic) bond motifs is 2. The summed E-state index contributed by atoms with van der Waals surface area (Å²) in [5.74, 6) is 1.12. The van der Waals surface area contributed by atoms with Gasteiger partial charge in [-0.2, -0.15) is 5.10 Å². The van der Waals surface area contributed by atoms with E-state index in [1.54, 1.807) is 19.3 Å². The number of aromatic nitrogens is 4. The number of H-pyrrole nitrogens is 1. The van der Waals surface area contributed by atoms with Gasteiger partial charge in [-0.1, -0.05) is 18.2 Å². The maximum absolute atomic E-state index is 13.1. The monoisotopic (exact) mass is 526 g/mol. The molecule has 0 radical (unpaired) electrons. The summed E-state index contributed by atoms with van der Waals surface area (Å²) in [6.45, 7) is 10.8. The fraction of sp³-hybridized carbons (Fsp3) is 0.300. The average Bonchev–Trinajstić information content (AvgIpc) is 3.47. The first-order chi connectivity index (χ1) is 18.5. The smallest absolute Gasteiger partial charge is 0.274 e. The number of rotatable bonds is 7. The molecule has 0 aliphatic carbocycles. The molecule has 0 saturated carbocycles.